The Labute approximate surface area is 187 Å². The summed E-state index contributed by atoms with van der Waals surface area (Å²) in [5.41, 5.74) is 1.46. The van der Waals surface area contributed by atoms with Crippen molar-refractivity contribution in [2.75, 3.05) is 24.0 Å². The lowest BCUT2D eigenvalue weighted by Gasteiger charge is -2.34. The highest BCUT2D eigenvalue weighted by atomic mass is 32.2. The Morgan fingerprint density at radius 2 is 1.62 bits per heavy atom. The van der Waals surface area contributed by atoms with Crippen molar-refractivity contribution in [2.45, 2.75) is 17.6 Å². The Morgan fingerprint density at radius 3 is 2.38 bits per heavy atom. The highest BCUT2D eigenvalue weighted by Crippen LogP contribution is 2.36. The number of rotatable bonds is 8. The van der Waals surface area contributed by atoms with Crippen LogP contribution in [0.5, 0.6) is 5.75 Å². The largest absolute Gasteiger partial charge is 0.476 e. The van der Waals surface area contributed by atoms with E-state index in [0.717, 1.165) is 5.56 Å². The number of amides is 1. The van der Waals surface area contributed by atoms with Gasteiger partial charge in [0.1, 0.15) is 5.75 Å². The summed E-state index contributed by atoms with van der Waals surface area (Å²) in [6.45, 7) is 0.951. The minimum atomic E-state index is -3.85. The fourth-order valence-electron chi connectivity index (χ4n) is 3.41. The second-order valence-corrected chi connectivity index (χ2v) is 9.11. The molecule has 0 fully saturated rings. The Kier molecular flexibility index (Phi) is 6.72. The van der Waals surface area contributed by atoms with E-state index in [1.54, 1.807) is 42.5 Å². The van der Waals surface area contributed by atoms with Crippen LogP contribution in [0, 0.1) is 0 Å². The van der Waals surface area contributed by atoms with Gasteiger partial charge in [0.05, 0.1) is 30.3 Å². The first-order chi connectivity index (χ1) is 15.6. The maximum atomic E-state index is 13.3. The lowest BCUT2D eigenvalue weighted by Crippen LogP contribution is -2.51. The molecule has 1 amide bonds. The molecule has 3 aromatic rings. The van der Waals surface area contributed by atoms with Gasteiger partial charge in [-0.2, -0.15) is 0 Å². The van der Waals surface area contributed by atoms with Gasteiger partial charge in [-0.05, 0) is 29.8 Å². The maximum absolute atomic E-state index is 13.3. The van der Waals surface area contributed by atoms with E-state index in [1.807, 2.05) is 30.3 Å². The Hall–Kier alpha value is -3.36. The van der Waals surface area contributed by atoms with Crippen molar-refractivity contribution in [1.29, 1.82) is 0 Å². The van der Waals surface area contributed by atoms with Gasteiger partial charge in [0.15, 0.2) is 6.10 Å². The predicted molar refractivity (Wildman–Crippen MR) is 121 cm³/mol. The molecule has 1 aliphatic heterocycles. The summed E-state index contributed by atoms with van der Waals surface area (Å²) in [5.74, 6) is -0.0465. The first-order valence-electron chi connectivity index (χ1n) is 10.3. The lowest BCUT2D eigenvalue weighted by atomic mass is 10.2. The molecule has 0 saturated heterocycles. The molecule has 32 heavy (non-hydrogen) atoms. The normalized spacial score (nSPS) is 15.5. The number of fused-ring (bicyclic) bond motifs is 1. The average molecular weight is 453 g/mol. The van der Waals surface area contributed by atoms with E-state index in [4.69, 9.17) is 9.47 Å². The van der Waals surface area contributed by atoms with Crippen molar-refractivity contribution >= 4 is 21.6 Å². The van der Waals surface area contributed by atoms with Crippen LogP contribution in [0.2, 0.25) is 0 Å². The molecule has 8 heteroatoms. The average Bonchev–Trinajstić information content (AvgIpc) is 2.84. The summed E-state index contributed by atoms with van der Waals surface area (Å²) in [4.78, 5) is 12.9. The molecule has 166 valence electrons. The molecule has 0 spiro atoms. The fraction of sp³-hybridized carbons (Fsp3) is 0.208. The molecule has 1 heterocycles. The number of anilines is 1. The van der Waals surface area contributed by atoms with Gasteiger partial charge in [-0.1, -0.05) is 60.7 Å². The summed E-state index contributed by atoms with van der Waals surface area (Å²) < 4.78 is 39.2. The molecule has 0 radical (unpaired) electrons. The van der Waals surface area contributed by atoms with Crippen molar-refractivity contribution in [3.8, 4) is 5.75 Å². The second kappa shape index (κ2) is 9.84. The topological polar surface area (TPSA) is 84.9 Å². The minimum absolute atomic E-state index is 0.120. The van der Waals surface area contributed by atoms with E-state index in [-0.39, 0.29) is 11.4 Å². The molecular formula is C24H24N2O5S. The molecule has 4 rings (SSSR count). The molecular weight excluding hydrogens is 428 g/mol. The summed E-state index contributed by atoms with van der Waals surface area (Å²) in [5, 5.41) is 2.77. The smallest absolute Gasteiger partial charge is 0.264 e. The van der Waals surface area contributed by atoms with E-state index in [1.165, 1.54) is 16.4 Å². The van der Waals surface area contributed by atoms with E-state index in [9.17, 15) is 13.2 Å². The lowest BCUT2D eigenvalue weighted by molar-refractivity contribution is -0.128. The number of ether oxygens (including phenoxy) is 2. The van der Waals surface area contributed by atoms with Crippen molar-refractivity contribution in [3.05, 3.63) is 90.5 Å². The molecule has 7 nitrogen and oxygen atoms in total. The van der Waals surface area contributed by atoms with Crippen molar-refractivity contribution in [2.24, 2.45) is 0 Å². The van der Waals surface area contributed by atoms with Crippen LogP contribution in [0.4, 0.5) is 5.69 Å². The standard InChI is InChI=1S/C24H24N2O5S/c27-24(25-15-16-30-18-19-9-3-1-4-10-19)23-17-26(21-13-7-8-14-22(21)31-23)32(28,29)20-11-5-2-6-12-20/h1-14,23H,15-18H2,(H,25,27)/t23-/m1/s1. The molecule has 1 atom stereocenters. The van der Waals surface area contributed by atoms with Crippen LogP contribution in [-0.4, -0.2) is 40.1 Å². The van der Waals surface area contributed by atoms with Gasteiger partial charge < -0.3 is 14.8 Å². The second-order valence-electron chi connectivity index (χ2n) is 7.25. The maximum Gasteiger partial charge on any atom is 0.264 e. The molecule has 0 aromatic heterocycles. The number of hydrogen-bond donors (Lipinski definition) is 1. The number of benzene rings is 3. The van der Waals surface area contributed by atoms with Gasteiger partial charge >= 0.3 is 0 Å². The number of sulfonamides is 1. The van der Waals surface area contributed by atoms with Gasteiger partial charge in [-0.15, -0.1) is 0 Å². The van der Waals surface area contributed by atoms with Crippen LogP contribution in [0.1, 0.15) is 5.56 Å². The number of para-hydroxylation sites is 2. The zero-order valence-corrected chi connectivity index (χ0v) is 18.2. The van der Waals surface area contributed by atoms with Crippen LogP contribution in [0.15, 0.2) is 89.8 Å². The van der Waals surface area contributed by atoms with Crippen LogP contribution >= 0.6 is 0 Å². The van der Waals surface area contributed by atoms with Crippen molar-refractivity contribution in [3.63, 3.8) is 0 Å². The molecule has 0 unspecified atom stereocenters. The van der Waals surface area contributed by atoms with Gasteiger partial charge in [0, 0.05) is 6.54 Å². The quantitative estimate of drug-likeness (QED) is 0.531. The first-order valence-corrected chi connectivity index (χ1v) is 11.7. The van der Waals surface area contributed by atoms with Crippen molar-refractivity contribution < 1.29 is 22.7 Å². The molecule has 1 N–H and O–H groups in total. The third kappa shape index (κ3) is 4.92. The van der Waals surface area contributed by atoms with Crippen LogP contribution in [0.3, 0.4) is 0 Å². The SMILES string of the molecule is O=C(NCCOCc1ccccc1)[C@H]1CN(S(=O)(=O)c2ccccc2)c2ccccc2O1. The minimum Gasteiger partial charge on any atom is -0.476 e. The summed E-state index contributed by atoms with van der Waals surface area (Å²) in [7, 11) is -3.85. The molecule has 0 saturated carbocycles. The molecule has 0 bridgehead atoms. The third-order valence-corrected chi connectivity index (χ3v) is 6.81. The number of hydrogen-bond acceptors (Lipinski definition) is 5. The van der Waals surface area contributed by atoms with E-state index in [0.29, 0.717) is 31.2 Å². The third-order valence-electron chi connectivity index (χ3n) is 5.02. The monoisotopic (exact) mass is 452 g/mol. The highest BCUT2D eigenvalue weighted by Gasteiger charge is 2.37. The molecule has 1 aliphatic rings. The van der Waals surface area contributed by atoms with Gasteiger partial charge in [-0.3, -0.25) is 9.10 Å². The fourth-order valence-corrected chi connectivity index (χ4v) is 4.91. The van der Waals surface area contributed by atoms with Gasteiger partial charge in [-0.25, -0.2) is 8.42 Å². The van der Waals surface area contributed by atoms with E-state index < -0.39 is 22.0 Å². The van der Waals surface area contributed by atoms with Crippen LogP contribution in [0.25, 0.3) is 0 Å². The molecule has 3 aromatic carbocycles. The first kappa shape index (κ1) is 21.9. The zero-order chi connectivity index (χ0) is 22.4. The van der Waals surface area contributed by atoms with E-state index in [2.05, 4.69) is 5.32 Å². The number of carbonyl (C=O) groups excluding carboxylic acids is 1. The van der Waals surface area contributed by atoms with Gasteiger partial charge in [0.25, 0.3) is 15.9 Å². The number of nitrogens with zero attached hydrogens (tertiary/aromatic N) is 1. The van der Waals surface area contributed by atoms with Crippen LogP contribution < -0.4 is 14.4 Å². The summed E-state index contributed by atoms with van der Waals surface area (Å²) in [6.07, 6.45) is -0.975. The summed E-state index contributed by atoms with van der Waals surface area (Å²) in [6, 6.07) is 24.7. The highest BCUT2D eigenvalue weighted by molar-refractivity contribution is 7.92. The Morgan fingerprint density at radius 1 is 0.969 bits per heavy atom. The predicted octanol–water partition coefficient (Wildman–Crippen LogP) is 2.98. The summed E-state index contributed by atoms with van der Waals surface area (Å²) >= 11 is 0. The van der Waals surface area contributed by atoms with Crippen molar-refractivity contribution in [1.82, 2.24) is 5.32 Å². The number of carbonyl (C=O) groups is 1. The van der Waals surface area contributed by atoms with Crippen LogP contribution in [-0.2, 0) is 26.2 Å². The Bertz CT molecular complexity index is 1150. The Balaban J connectivity index is 1.41. The van der Waals surface area contributed by atoms with Gasteiger partial charge in [0.2, 0.25) is 0 Å². The van der Waals surface area contributed by atoms with E-state index >= 15 is 0 Å². The zero-order valence-electron chi connectivity index (χ0n) is 17.4. The number of nitrogens with one attached hydrogen (secondary N) is 1. The molecule has 0 aliphatic carbocycles.